The fourth-order valence-corrected chi connectivity index (χ4v) is 3.45. The second-order valence-corrected chi connectivity index (χ2v) is 6.99. The van der Waals surface area contributed by atoms with Crippen molar-refractivity contribution >= 4 is 38.2 Å². The van der Waals surface area contributed by atoms with Crippen LogP contribution in [0.5, 0.6) is 0 Å². The molecule has 0 saturated carbocycles. The van der Waals surface area contributed by atoms with Gasteiger partial charge in [0.05, 0.1) is 16.8 Å². The van der Waals surface area contributed by atoms with E-state index in [0.29, 0.717) is 22.2 Å². The Kier molecular flexibility index (Phi) is 3.72. The highest BCUT2D eigenvalue weighted by Gasteiger charge is 2.18. The lowest BCUT2D eigenvalue weighted by atomic mass is 10.1. The van der Waals surface area contributed by atoms with Crippen LogP contribution >= 0.6 is 11.6 Å². The number of pyridine rings is 1. The zero-order valence-corrected chi connectivity index (χ0v) is 13.5. The highest BCUT2D eigenvalue weighted by atomic mass is 35.5. The number of rotatable bonds is 3. The van der Waals surface area contributed by atoms with Gasteiger partial charge < -0.3 is 4.98 Å². The van der Waals surface area contributed by atoms with Crippen molar-refractivity contribution in [2.75, 3.05) is 4.72 Å². The van der Waals surface area contributed by atoms with E-state index in [0.717, 1.165) is 5.56 Å². The number of H-pyrrole nitrogens is 1. The van der Waals surface area contributed by atoms with E-state index < -0.39 is 10.0 Å². The lowest BCUT2D eigenvalue weighted by Crippen LogP contribution is -2.13. The summed E-state index contributed by atoms with van der Waals surface area (Å²) in [6, 6.07) is 8.27. The van der Waals surface area contributed by atoms with E-state index in [1.54, 1.807) is 18.3 Å². The van der Waals surface area contributed by atoms with Crippen LogP contribution in [0.2, 0.25) is 5.15 Å². The molecule has 0 aliphatic heterocycles. The van der Waals surface area contributed by atoms with Gasteiger partial charge in [-0.15, -0.1) is 0 Å². The third-order valence-electron chi connectivity index (χ3n) is 3.42. The first-order chi connectivity index (χ1) is 10.9. The quantitative estimate of drug-likeness (QED) is 0.711. The molecule has 0 radical (unpaired) electrons. The summed E-state index contributed by atoms with van der Waals surface area (Å²) in [4.78, 5) is 6.72. The van der Waals surface area contributed by atoms with Gasteiger partial charge in [0, 0.05) is 17.8 Å². The first kappa shape index (κ1) is 15.3. The second kappa shape index (κ2) is 5.57. The summed E-state index contributed by atoms with van der Waals surface area (Å²) in [5.74, 6) is 0. The van der Waals surface area contributed by atoms with Crippen molar-refractivity contribution < 1.29 is 8.42 Å². The highest BCUT2D eigenvalue weighted by molar-refractivity contribution is 7.92. The molecule has 0 spiro atoms. The molecule has 2 N–H and O–H groups in total. The van der Waals surface area contributed by atoms with E-state index in [-0.39, 0.29) is 10.0 Å². The molecular formula is C15H11ClN4O2S. The summed E-state index contributed by atoms with van der Waals surface area (Å²) in [6.45, 7) is 1.86. The van der Waals surface area contributed by atoms with Crippen molar-refractivity contribution in [3.05, 3.63) is 52.9 Å². The van der Waals surface area contributed by atoms with Crippen LogP contribution in [-0.2, 0) is 10.0 Å². The fourth-order valence-electron chi connectivity index (χ4n) is 2.32. The summed E-state index contributed by atoms with van der Waals surface area (Å²) in [5, 5.41) is 10.1. The summed E-state index contributed by atoms with van der Waals surface area (Å²) < 4.78 is 27.4. The first-order valence-corrected chi connectivity index (χ1v) is 8.43. The Balaban J connectivity index is 2.08. The van der Waals surface area contributed by atoms with Gasteiger partial charge in [-0.3, -0.25) is 4.72 Å². The Morgan fingerprint density at radius 2 is 2.09 bits per heavy atom. The molecule has 8 heteroatoms. The van der Waals surface area contributed by atoms with Crippen molar-refractivity contribution in [2.24, 2.45) is 0 Å². The van der Waals surface area contributed by atoms with Crippen molar-refractivity contribution in [1.82, 2.24) is 9.97 Å². The molecule has 0 fully saturated rings. The minimum atomic E-state index is -3.81. The van der Waals surface area contributed by atoms with Crippen LogP contribution in [0.1, 0.15) is 11.1 Å². The lowest BCUT2D eigenvalue weighted by molar-refractivity contribution is 0.601. The number of benzene rings is 1. The molecule has 116 valence electrons. The molecule has 0 atom stereocenters. The van der Waals surface area contributed by atoms with Gasteiger partial charge in [0.15, 0.2) is 0 Å². The minimum Gasteiger partial charge on any atom is -0.358 e. The molecule has 1 aromatic carbocycles. The van der Waals surface area contributed by atoms with Crippen LogP contribution in [0.3, 0.4) is 0 Å². The van der Waals surface area contributed by atoms with Crippen LogP contribution in [0.15, 0.2) is 41.6 Å². The number of hydrogen-bond donors (Lipinski definition) is 2. The van der Waals surface area contributed by atoms with Gasteiger partial charge in [-0.25, -0.2) is 13.4 Å². The number of hydrogen-bond acceptors (Lipinski definition) is 4. The maximum Gasteiger partial charge on any atom is 0.263 e. The zero-order chi connectivity index (χ0) is 16.6. The maximum absolute atomic E-state index is 12.4. The zero-order valence-electron chi connectivity index (χ0n) is 12.0. The Morgan fingerprint density at radius 1 is 1.30 bits per heavy atom. The topological polar surface area (TPSA) is 98.6 Å². The van der Waals surface area contributed by atoms with Crippen molar-refractivity contribution in [2.45, 2.75) is 11.8 Å². The summed E-state index contributed by atoms with van der Waals surface area (Å²) in [7, 11) is -3.81. The van der Waals surface area contributed by atoms with Gasteiger partial charge in [-0.05, 0) is 30.7 Å². The minimum absolute atomic E-state index is 0.00249. The number of nitriles is 1. The van der Waals surface area contributed by atoms with Crippen LogP contribution in [0, 0.1) is 18.3 Å². The van der Waals surface area contributed by atoms with Gasteiger partial charge in [0.25, 0.3) is 10.0 Å². The number of aromatic amines is 1. The third-order valence-corrected chi connectivity index (χ3v) is 4.99. The normalized spacial score (nSPS) is 11.3. The Bertz CT molecular complexity index is 1030. The molecule has 0 aliphatic rings. The smallest absolute Gasteiger partial charge is 0.263 e. The average Bonchev–Trinajstić information content (AvgIpc) is 2.95. The van der Waals surface area contributed by atoms with Crippen molar-refractivity contribution in [3.8, 4) is 6.07 Å². The standard InChI is InChI=1S/C15H11ClN4O2S/c1-9-2-4-12(15-14(9)10(6-17)7-19-15)20-23(21,22)11-3-5-13(16)18-8-11/h2-5,7-8,19-20H,1H3. The van der Waals surface area contributed by atoms with Gasteiger partial charge in [0.2, 0.25) is 0 Å². The number of fused-ring (bicyclic) bond motifs is 1. The largest absolute Gasteiger partial charge is 0.358 e. The molecule has 0 amide bonds. The van der Waals surface area contributed by atoms with Crippen LogP contribution < -0.4 is 4.72 Å². The second-order valence-electron chi connectivity index (χ2n) is 4.92. The van der Waals surface area contributed by atoms with E-state index in [1.807, 2.05) is 6.92 Å². The predicted molar refractivity (Wildman–Crippen MR) is 87.8 cm³/mol. The van der Waals surface area contributed by atoms with Gasteiger partial charge in [-0.2, -0.15) is 5.26 Å². The van der Waals surface area contributed by atoms with Crippen LogP contribution in [-0.4, -0.2) is 18.4 Å². The average molecular weight is 347 g/mol. The van der Waals surface area contributed by atoms with E-state index in [9.17, 15) is 8.42 Å². The van der Waals surface area contributed by atoms with Crippen LogP contribution in [0.4, 0.5) is 5.69 Å². The Labute approximate surface area is 137 Å². The molecule has 6 nitrogen and oxygen atoms in total. The molecule has 3 rings (SSSR count). The van der Waals surface area contributed by atoms with E-state index >= 15 is 0 Å². The van der Waals surface area contributed by atoms with Crippen molar-refractivity contribution in [3.63, 3.8) is 0 Å². The molecule has 23 heavy (non-hydrogen) atoms. The lowest BCUT2D eigenvalue weighted by Gasteiger charge is -2.10. The molecule has 0 unspecified atom stereocenters. The van der Waals surface area contributed by atoms with Gasteiger partial charge in [0.1, 0.15) is 16.1 Å². The van der Waals surface area contributed by atoms with E-state index in [4.69, 9.17) is 16.9 Å². The third kappa shape index (κ3) is 2.74. The van der Waals surface area contributed by atoms with Crippen molar-refractivity contribution in [1.29, 1.82) is 5.26 Å². The van der Waals surface area contributed by atoms with Gasteiger partial charge in [-0.1, -0.05) is 17.7 Å². The monoisotopic (exact) mass is 346 g/mol. The maximum atomic E-state index is 12.4. The number of anilines is 1. The van der Waals surface area contributed by atoms with Crippen LogP contribution in [0.25, 0.3) is 10.9 Å². The van der Waals surface area contributed by atoms with E-state index in [1.165, 1.54) is 18.3 Å². The molecular weight excluding hydrogens is 336 g/mol. The molecule has 2 heterocycles. The predicted octanol–water partition coefficient (Wildman–Crippen LogP) is 3.20. The molecule has 3 aromatic rings. The molecule has 2 aromatic heterocycles. The summed E-state index contributed by atoms with van der Waals surface area (Å²) >= 11 is 5.67. The van der Waals surface area contributed by atoms with Gasteiger partial charge >= 0.3 is 0 Å². The summed E-state index contributed by atoms with van der Waals surface area (Å²) in [5.41, 5.74) is 2.27. The summed E-state index contributed by atoms with van der Waals surface area (Å²) in [6.07, 6.45) is 2.74. The SMILES string of the molecule is Cc1ccc(NS(=O)(=O)c2ccc(Cl)nc2)c2[nH]cc(C#N)c12. The first-order valence-electron chi connectivity index (χ1n) is 6.57. The number of halogens is 1. The number of nitrogens with zero attached hydrogens (tertiary/aromatic N) is 2. The Morgan fingerprint density at radius 3 is 2.74 bits per heavy atom. The van der Waals surface area contributed by atoms with E-state index in [2.05, 4.69) is 20.8 Å². The highest BCUT2D eigenvalue weighted by Crippen LogP contribution is 2.29. The molecule has 0 bridgehead atoms. The molecule has 0 aliphatic carbocycles. The molecule has 0 saturated heterocycles. The number of nitrogens with one attached hydrogen (secondary N) is 2. The Hall–Kier alpha value is -2.56. The number of sulfonamides is 1. The number of aromatic nitrogens is 2. The fraction of sp³-hybridized carbons (Fsp3) is 0.0667. The number of aryl methyl sites for hydroxylation is 1.